The number of urea groups is 1. The van der Waals surface area contributed by atoms with Gasteiger partial charge in [0.2, 0.25) is 0 Å². The number of nitrogens with two attached hydrogens (primary N) is 1. The number of carbonyl (C=O) groups excluding carboxylic acids is 3. The highest BCUT2D eigenvalue weighted by molar-refractivity contribution is 7.84. The number of hydrogen-bond donors (Lipinski definition) is 2. The van der Waals surface area contributed by atoms with Crippen LogP contribution in [0.15, 0.2) is 22.8 Å². The third-order valence-electron chi connectivity index (χ3n) is 3.79. The van der Waals surface area contributed by atoms with Crippen LogP contribution in [0.25, 0.3) is 0 Å². The van der Waals surface area contributed by atoms with Gasteiger partial charge in [-0.25, -0.2) is 14.9 Å². The van der Waals surface area contributed by atoms with Crippen molar-refractivity contribution in [2.45, 2.75) is 18.5 Å². The van der Waals surface area contributed by atoms with Crippen molar-refractivity contribution in [2.75, 3.05) is 6.54 Å². The Balaban J connectivity index is 1.75. The molecule has 0 radical (unpaired) electrons. The van der Waals surface area contributed by atoms with Gasteiger partial charge in [0.15, 0.2) is 5.76 Å². The second-order valence-electron chi connectivity index (χ2n) is 5.04. The van der Waals surface area contributed by atoms with Crippen LogP contribution in [-0.2, 0) is 15.1 Å². The summed E-state index contributed by atoms with van der Waals surface area (Å²) in [6, 6.07) is -0.121. The topological polar surface area (TPSA) is 154 Å². The third kappa shape index (κ3) is 2.27. The van der Waals surface area contributed by atoms with E-state index in [1.54, 1.807) is 0 Å². The van der Waals surface area contributed by atoms with E-state index >= 15 is 0 Å². The van der Waals surface area contributed by atoms with E-state index < -0.39 is 40.2 Å². The molecule has 2 aliphatic rings. The van der Waals surface area contributed by atoms with Crippen molar-refractivity contribution in [2.24, 2.45) is 5.84 Å². The summed E-state index contributed by atoms with van der Waals surface area (Å²) in [4.78, 5) is 37.1. The Labute approximate surface area is 130 Å². The average molecular weight is 344 g/mol. The number of β-lactam (4-membered cyclic amide) rings is 1. The Hall–Kier alpha value is -2.44. The van der Waals surface area contributed by atoms with Crippen LogP contribution in [0.4, 0.5) is 4.79 Å². The number of nitrogens with zero attached hydrogens (tertiary/aromatic N) is 3. The molecule has 2 saturated heterocycles. The van der Waals surface area contributed by atoms with Gasteiger partial charge in [0.25, 0.3) is 5.91 Å². The van der Waals surface area contributed by atoms with E-state index in [0.29, 0.717) is 9.31 Å². The smallest absolute Gasteiger partial charge is 0.362 e. The lowest BCUT2D eigenvalue weighted by Crippen LogP contribution is -2.69. The number of imide groups is 1. The normalized spacial score (nSPS) is 23.5. The molecule has 1 aromatic rings. The first kappa shape index (κ1) is 15.5. The molecule has 0 saturated carbocycles. The Morgan fingerprint density at radius 1 is 1.43 bits per heavy atom. The molecule has 3 N–H and O–H groups in total. The minimum absolute atomic E-state index is 0.0189. The third-order valence-corrected chi connectivity index (χ3v) is 4.74. The molecule has 2 fully saturated rings. The molecule has 3 heterocycles. The van der Waals surface area contributed by atoms with E-state index in [1.165, 1.54) is 18.4 Å². The first-order valence-corrected chi connectivity index (χ1v) is 7.87. The Morgan fingerprint density at radius 3 is 2.70 bits per heavy atom. The molecule has 2 atom stereocenters. The molecular weight excluding hydrogens is 332 g/mol. The summed E-state index contributed by atoms with van der Waals surface area (Å²) in [5.74, 6) is 3.47. The molecule has 4 amide bonds. The molecular formula is C11H12N4O7S. The highest BCUT2D eigenvalue weighted by Crippen LogP contribution is 2.35. The summed E-state index contributed by atoms with van der Waals surface area (Å²) in [6.45, 7) is 0.0189. The Kier molecular flexibility index (Phi) is 3.39. The van der Waals surface area contributed by atoms with Crippen LogP contribution in [-0.4, -0.2) is 63.7 Å². The first-order valence-electron chi connectivity index (χ1n) is 6.47. The predicted octanol–water partition coefficient (Wildman–Crippen LogP) is -1.20. The fraction of sp³-hybridized carbons (Fsp3) is 0.364. The zero-order valence-corrected chi connectivity index (χ0v) is 12.3. The number of hydrazine groups is 1. The molecule has 0 spiro atoms. The van der Waals surface area contributed by atoms with E-state index in [4.69, 9.17) is 14.8 Å². The molecule has 1 aromatic heterocycles. The van der Waals surface area contributed by atoms with Crippen molar-refractivity contribution in [3.8, 4) is 0 Å². The summed E-state index contributed by atoms with van der Waals surface area (Å²) in [6.07, 6.45) is 1.38. The van der Waals surface area contributed by atoms with Crippen molar-refractivity contribution in [1.29, 1.82) is 0 Å². The number of furan rings is 1. The van der Waals surface area contributed by atoms with Crippen molar-refractivity contribution < 1.29 is 31.8 Å². The molecule has 0 aliphatic carbocycles. The molecule has 124 valence electrons. The fourth-order valence-electron chi connectivity index (χ4n) is 2.77. The fourth-order valence-corrected chi connectivity index (χ4v) is 3.67. The minimum atomic E-state index is -4.67. The summed E-state index contributed by atoms with van der Waals surface area (Å²) in [5.41, 5.74) is 0. The van der Waals surface area contributed by atoms with Gasteiger partial charge in [0, 0.05) is 6.54 Å². The van der Waals surface area contributed by atoms with Crippen LogP contribution in [0.1, 0.15) is 17.0 Å². The zero-order chi connectivity index (χ0) is 16.9. The van der Waals surface area contributed by atoms with Gasteiger partial charge in [-0.15, -0.1) is 0 Å². The molecule has 2 aliphatic heterocycles. The maximum absolute atomic E-state index is 12.3. The number of fused-ring (bicyclic) bond motifs is 1. The van der Waals surface area contributed by atoms with E-state index in [-0.39, 0.29) is 18.7 Å². The summed E-state index contributed by atoms with van der Waals surface area (Å²) in [7, 11) is -4.67. The largest absolute Gasteiger partial charge is 0.459 e. The molecule has 12 heteroatoms. The van der Waals surface area contributed by atoms with Crippen molar-refractivity contribution in [1.82, 2.24) is 14.2 Å². The van der Waals surface area contributed by atoms with E-state index in [2.05, 4.69) is 0 Å². The molecule has 23 heavy (non-hydrogen) atoms. The summed E-state index contributed by atoms with van der Waals surface area (Å²) >= 11 is 0. The second kappa shape index (κ2) is 5.04. The summed E-state index contributed by atoms with van der Waals surface area (Å²) in [5, 5.41) is 0.296. The second-order valence-corrected chi connectivity index (χ2v) is 6.33. The number of rotatable bonds is 2. The number of amides is 4. The number of likely N-dealkylation sites (tertiary alicyclic amines) is 1. The van der Waals surface area contributed by atoms with Crippen LogP contribution in [0.3, 0.4) is 0 Å². The molecule has 3 rings (SSSR count). The minimum Gasteiger partial charge on any atom is -0.459 e. The van der Waals surface area contributed by atoms with Gasteiger partial charge in [-0.2, -0.15) is 13.4 Å². The maximum Gasteiger partial charge on any atom is 0.362 e. The van der Waals surface area contributed by atoms with E-state index in [1.807, 2.05) is 0 Å². The quantitative estimate of drug-likeness (QED) is 0.223. The molecule has 0 aromatic carbocycles. The van der Waals surface area contributed by atoms with Gasteiger partial charge < -0.3 is 9.32 Å². The highest BCUT2D eigenvalue weighted by atomic mass is 32.2. The SMILES string of the molecule is NN(C(=O)c1ccco1)C(=O)N1CC[C@@H]2[C@H]1C(=O)N2S(=O)(=O)O. The van der Waals surface area contributed by atoms with E-state index in [9.17, 15) is 22.8 Å². The first-order chi connectivity index (χ1) is 10.7. The van der Waals surface area contributed by atoms with Gasteiger partial charge in [-0.05, 0) is 18.6 Å². The van der Waals surface area contributed by atoms with Crippen LogP contribution in [0, 0.1) is 0 Å². The van der Waals surface area contributed by atoms with Gasteiger partial charge in [0.05, 0.1) is 12.3 Å². The van der Waals surface area contributed by atoms with Crippen LogP contribution in [0.5, 0.6) is 0 Å². The van der Waals surface area contributed by atoms with Crippen LogP contribution < -0.4 is 5.84 Å². The number of hydrogen-bond acceptors (Lipinski definition) is 7. The van der Waals surface area contributed by atoms with Crippen LogP contribution in [0.2, 0.25) is 0 Å². The average Bonchev–Trinajstić information content (AvgIpc) is 3.10. The van der Waals surface area contributed by atoms with Gasteiger partial charge in [-0.3, -0.25) is 14.1 Å². The lowest BCUT2D eigenvalue weighted by atomic mass is 10.0. The zero-order valence-electron chi connectivity index (χ0n) is 11.5. The lowest BCUT2D eigenvalue weighted by molar-refractivity contribution is -0.143. The van der Waals surface area contributed by atoms with Gasteiger partial charge in [-0.1, -0.05) is 0 Å². The van der Waals surface area contributed by atoms with Crippen LogP contribution >= 0.6 is 0 Å². The standard InChI is InChI=1S/C11H12N4O7S/c12-14(9(16)7-2-1-5-22-7)11(18)13-4-3-6-8(13)10(17)15(6)23(19,20)21/h1-2,5-6,8H,3-4,12H2,(H,19,20,21)/t6-,8+/m1/s1. The van der Waals surface area contributed by atoms with Gasteiger partial charge >= 0.3 is 22.2 Å². The number of carbonyl (C=O) groups is 3. The Morgan fingerprint density at radius 2 is 2.13 bits per heavy atom. The monoisotopic (exact) mass is 344 g/mol. The summed E-state index contributed by atoms with van der Waals surface area (Å²) < 4.78 is 36.3. The predicted molar refractivity (Wildman–Crippen MR) is 71.8 cm³/mol. The lowest BCUT2D eigenvalue weighted by Gasteiger charge is -2.42. The van der Waals surface area contributed by atoms with Crippen molar-refractivity contribution in [3.05, 3.63) is 24.2 Å². The maximum atomic E-state index is 12.3. The molecule has 11 nitrogen and oxygen atoms in total. The Bertz CT molecular complexity index is 774. The van der Waals surface area contributed by atoms with Crippen molar-refractivity contribution in [3.63, 3.8) is 0 Å². The van der Waals surface area contributed by atoms with E-state index in [0.717, 1.165) is 4.90 Å². The molecule has 0 bridgehead atoms. The molecule has 0 unspecified atom stereocenters. The van der Waals surface area contributed by atoms with Gasteiger partial charge in [0.1, 0.15) is 6.04 Å². The highest BCUT2D eigenvalue weighted by Gasteiger charge is 2.60. The van der Waals surface area contributed by atoms with Crippen molar-refractivity contribution >= 4 is 28.1 Å².